The highest BCUT2D eigenvalue weighted by Crippen LogP contribution is 2.28. The molecule has 0 radical (unpaired) electrons. The molecule has 4 nitrogen and oxygen atoms in total. The Kier molecular flexibility index (Phi) is 6.08. The van der Waals surface area contributed by atoms with Crippen molar-refractivity contribution in [3.63, 3.8) is 0 Å². The van der Waals surface area contributed by atoms with Crippen LogP contribution in [0.25, 0.3) is 11.1 Å². The van der Waals surface area contributed by atoms with Crippen molar-refractivity contribution < 1.29 is 14.0 Å². The summed E-state index contributed by atoms with van der Waals surface area (Å²) >= 11 is 0. The Labute approximate surface area is 185 Å². The molecular weight excluding hydrogens is 403 g/mol. The van der Waals surface area contributed by atoms with Crippen molar-refractivity contribution in [2.45, 2.75) is 6.92 Å². The van der Waals surface area contributed by atoms with Gasteiger partial charge in [-0.15, -0.1) is 0 Å². The molecule has 0 fully saturated rings. The van der Waals surface area contributed by atoms with Gasteiger partial charge >= 0.3 is 0 Å². The molecule has 0 heterocycles. The summed E-state index contributed by atoms with van der Waals surface area (Å²) in [5.41, 5.74) is 4.10. The minimum atomic E-state index is -0.603. The highest BCUT2D eigenvalue weighted by atomic mass is 19.1. The number of carbonyl (C=O) groups excluding carboxylic acids is 2. The maximum absolute atomic E-state index is 13.9. The second-order valence-electron chi connectivity index (χ2n) is 7.33. The molecule has 0 unspecified atom stereocenters. The van der Waals surface area contributed by atoms with E-state index >= 15 is 0 Å². The standard InChI is InChI=1S/C27H21FN2O2/c1-18-15-16-20(17-25(18)30-27(32)22-12-5-7-13-23(22)28)26(31)29-24-14-8-6-11-21(24)19-9-3-2-4-10-19/h2-17H,1H3,(H,29,31)(H,30,32). The highest BCUT2D eigenvalue weighted by Gasteiger charge is 2.15. The number of halogens is 1. The first-order valence-corrected chi connectivity index (χ1v) is 10.2. The monoisotopic (exact) mass is 424 g/mol. The van der Waals surface area contributed by atoms with E-state index in [4.69, 9.17) is 0 Å². The van der Waals surface area contributed by atoms with Crippen LogP contribution in [0, 0.1) is 12.7 Å². The van der Waals surface area contributed by atoms with Crippen LogP contribution in [0.2, 0.25) is 0 Å². The number of para-hydroxylation sites is 1. The average Bonchev–Trinajstić information content (AvgIpc) is 2.81. The van der Waals surface area contributed by atoms with Gasteiger partial charge in [-0.25, -0.2) is 4.39 Å². The van der Waals surface area contributed by atoms with Gasteiger partial charge in [-0.2, -0.15) is 0 Å². The lowest BCUT2D eigenvalue weighted by molar-refractivity contribution is 0.101. The normalized spacial score (nSPS) is 10.4. The van der Waals surface area contributed by atoms with Gasteiger partial charge in [0.05, 0.1) is 5.56 Å². The molecule has 0 aliphatic heterocycles. The summed E-state index contributed by atoms with van der Waals surface area (Å²) in [6.07, 6.45) is 0. The fraction of sp³-hybridized carbons (Fsp3) is 0.0370. The zero-order valence-electron chi connectivity index (χ0n) is 17.4. The van der Waals surface area contributed by atoms with Crippen LogP contribution in [-0.4, -0.2) is 11.8 Å². The number of hydrogen-bond acceptors (Lipinski definition) is 2. The number of nitrogens with one attached hydrogen (secondary N) is 2. The molecule has 4 aromatic rings. The van der Waals surface area contributed by atoms with Crippen LogP contribution in [0.1, 0.15) is 26.3 Å². The Morgan fingerprint density at radius 3 is 2.12 bits per heavy atom. The smallest absolute Gasteiger partial charge is 0.258 e. The van der Waals surface area contributed by atoms with Gasteiger partial charge in [0.15, 0.2) is 0 Å². The molecule has 0 aliphatic carbocycles. The molecule has 32 heavy (non-hydrogen) atoms. The summed E-state index contributed by atoms with van der Waals surface area (Å²) in [4.78, 5) is 25.5. The second-order valence-corrected chi connectivity index (χ2v) is 7.33. The van der Waals surface area contributed by atoms with Crippen molar-refractivity contribution in [3.8, 4) is 11.1 Å². The molecule has 0 saturated heterocycles. The molecule has 0 bridgehead atoms. The predicted octanol–water partition coefficient (Wildman–Crippen LogP) is 6.31. The largest absolute Gasteiger partial charge is 0.322 e. The first-order valence-electron chi connectivity index (χ1n) is 10.2. The van der Waals surface area contributed by atoms with Crippen LogP contribution in [-0.2, 0) is 0 Å². The Balaban J connectivity index is 1.57. The van der Waals surface area contributed by atoms with Gasteiger partial charge in [0.1, 0.15) is 5.82 Å². The van der Waals surface area contributed by atoms with Gasteiger partial charge in [-0.05, 0) is 48.4 Å². The summed E-state index contributed by atoms with van der Waals surface area (Å²) in [6.45, 7) is 1.81. The lowest BCUT2D eigenvalue weighted by Gasteiger charge is -2.13. The topological polar surface area (TPSA) is 58.2 Å². The molecule has 0 aromatic heterocycles. The zero-order valence-corrected chi connectivity index (χ0v) is 17.4. The molecule has 0 spiro atoms. The molecule has 4 aromatic carbocycles. The summed E-state index contributed by atoms with van der Waals surface area (Å²) in [5, 5.41) is 5.66. The lowest BCUT2D eigenvalue weighted by atomic mass is 10.0. The third-order valence-corrected chi connectivity index (χ3v) is 5.13. The summed E-state index contributed by atoms with van der Waals surface area (Å²) in [5.74, 6) is -1.48. The van der Waals surface area contributed by atoms with Crippen molar-refractivity contribution in [2.24, 2.45) is 0 Å². The van der Waals surface area contributed by atoms with Crippen LogP contribution < -0.4 is 10.6 Å². The fourth-order valence-corrected chi connectivity index (χ4v) is 3.39. The first kappa shape index (κ1) is 21.0. The summed E-state index contributed by atoms with van der Waals surface area (Å²) in [6, 6.07) is 28.1. The Bertz CT molecular complexity index is 1290. The summed E-state index contributed by atoms with van der Waals surface area (Å²) in [7, 11) is 0. The van der Waals surface area contributed by atoms with Crippen molar-refractivity contribution in [2.75, 3.05) is 10.6 Å². The fourth-order valence-electron chi connectivity index (χ4n) is 3.39. The molecule has 2 amide bonds. The van der Waals surface area contributed by atoms with E-state index in [2.05, 4.69) is 10.6 Å². The Morgan fingerprint density at radius 1 is 0.688 bits per heavy atom. The van der Waals surface area contributed by atoms with E-state index in [1.54, 1.807) is 24.3 Å². The molecule has 158 valence electrons. The molecule has 4 rings (SSSR count). The van der Waals surface area contributed by atoms with E-state index in [1.807, 2.05) is 61.5 Å². The van der Waals surface area contributed by atoms with Crippen LogP contribution in [0.4, 0.5) is 15.8 Å². The molecule has 5 heteroatoms. The van der Waals surface area contributed by atoms with Crippen LogP contribution in [0.5, 0.6) is 0 Å². The van der Waals surface area contributed by atoms with Gasteiger partial charge in [-0.3, -0.25) is 9.59 Å². The van der Waals surface area contributed by atoms with Crippen molar-refractivity contribution in [3.05, 3.63) is 120 Å². The van der Waals surface area contributed by atoms with Gasteiger partial charge < -0.3 is 10.6 Å². The second kappa shape index (κ2) is 9.27. The number of aryl methyl sites for hydroxylation is 1. The van der Waals surface area contributed by atoms with Crippen LogP contribution >= 0.6 is 0 Å². The van der Waals surface area contributed by atoms with Gasteiger partial charge in [0.25, 0.3) is 11.8 Å². The van der Waals surface area contributed by atoms with Gasteiger partial charge in [0, 0.05) is 22.5 Å². The van der Waals surface area contributed by atoms with E-state index in [1.165, 1.54) is 18.2 Å². The molecule has 0 atom stereocenters. The predicted molar refractivity (Wildman–Crippen MR) is 125 cm³/mol. The number of rotatable bonds is 5. The van der Waals surface area contributed by atoms with Gasteiger partial charge in [0.2, 0.25) is 0 Å². The zero-order chi connectivity index (χ0) is 22.5. The third-order valence-electron chi connectivity index (χ3n) is 5.13. The molecule has 2 N–H and O–H groups in total. The molecule has 0 saturated carbocycles. The Hall–Kier alpha value is -4.25. The maximum atomic E-state index is 13.9. The van der Waals surface area contributed by atoms with E-state index in [0.717, 1.165) is 16.7 Å². The van der Waals surface area contributed by atoms with Crippen molar-refractivity contribution >= 4 is 23.2 Å². The highest BCUT2D eigenvalue weighted by molar-refractivity contribution is 6.09. The molecule has 0 aliphatic rings. The average molecular weight is 424 g/mol. The Morgan fingerprint density at radius 2 is 1.34 bits per heavy atom. The first-order chi connectivity index (χ1) is 15.5. The van der Waals surface area contributed by atoms with E-state index in [0.29, 0.717) is 16.9 Å². The van der Waals surface area contributed by atoms with Gasteiger partial charge in [-0.1, -0.05) is 66.7 Å². The van der Waals surface area contributed by atoms with E-state index in [-0.39, 0.29) is 11.5 Å². The number of hydrogen-bond donors (Lipinski definition) is 2. The lowest BCUT2D eigenvalue weighted by Crippen LogP contribution is -2.16. The number of amides is 2. The minimum absolute atomic E-state index is 0.0569. The maximum Gasteiger partial charge on any atom is 0.258 e. The van der Waals surface area contributed by atoms with Crippen molar-refractivity contribution in [1.82, 2.24) is 0 Å². The van der Waals surface area contributed by atoms with Crippen LogP contribution in [0.15, 0.2) is 97.1 Å². The van der Waals surface area contributed by atoms with Crippen molar-refractivity contribution in [1.29, 1.82) is 0 Å². The third kappa shape index (κ3) is 4.57. The minimum Gasteiger partial charge on any atom is -0.322 e. The van der Waals surface area contributed by atoms with E-state index in [9.17, 15) is 14.0 Å². The number of anilines is 2. The SMILES string of the molecule is Cc1ccc(C(=O)Nc2ccccc2-c2ccccc2)cc1NC(=O)c1ccccc1F. The number of carbonyl (C=O) groups is 2. The van der Waals surface area contributed by atoms with Crippen LogP contribution in [0.3, 0.4) is 0 Å². The molecular formula is C27H21FN2O2. The quantitative estimate of drug-likeness (QED) is 0.395. The number of benzene rings is 4. The van der Waals surface area contributed by atoms with E-state index < -0.39 is 11.7 Å². The summed E-state index contributed by atoms with van der Waals surface area (Å²) < 4.78 is 13.9.